The van der Waals surface area contributed by atoms with Gasteiger partial charge in [-0.3, -0.25) is 19.5 Å². The fourth-order valence-electron chi connectivity index (χ4n) is 3.67. The highest BCUT2D eigenvalue weighted by molar-refractivity contribution is 7.71. The molecular weight excluding hydrogens is 452 g/mol. The third-order valence-corrected chi connectivity index (χ3v) is 6.41. The summed E-state index contributed by atoms with van der Waals surface area (Å²) in [6.45, 7) is 3.97. The molecule has 2 N–H and O–H groups in total. The molecule has 2 heterocycles. The van der Waals surface area contributed by atoms with Gasteiger partial charge in [0.1, 0.15) is 0 Å². The summed E-state index contributed by atoms with van der Waals surface area (Å²) >= 11 is 6.63. The summed E-state index contributed by atoms with van der Waals surface area (Å²) in [4.78, 5) is 33.1. The average Bonchev–Trinajstić information content (AvgIpc) is 3.29. The Labute approximate surface area is 197 Å². The molecule has 3 aromatic carbocycles. The Bertz CT molecular complexity index is 1660. The van der Waals surface area contributed by atoms with Crippen LogP contribution >= 0.6 is 23.6 Å². The molecule has 5 aromatic rings. The lowest BCUT2D eigenvalue weighted by Gasteiger charge is -2.07. The number of fused-ring (bicyclic) bond motifs is 2. The number of benzene rings is 3. The van der Waals surface area contributed by atoms with Crippen molar-refractivity contribution >= 4 is 56.3 Å². The molecule has 0 aliphatic heterocycles. The third-order valence-electron chi connectivity index (χ3n) is 5.33. The smallest absolute Gasteiger partial charge is 0.262 e. The summed E-state index contributed by atoms with van der Waals surface area (Å²) in [7, 11) is 0. The van der Waals surface area contributed by atoms with E-state index in [0.717, 1.165) is 22.0 Å². The van der Waals surface area contributed by atoms with Crippen LogP contribution in [-0.4, -0.2) is 20.4 Å². The molecule has 0 radical (unpaired) electrons. The molecular formula is C25H18N4O2S2. The maximum absolute atomic E-state index is 12.8. The van der Waals surface area contributed by atoms with Crippen molar-refractivity contribution in [3.63, 3.8) is 0 Å². The number of H-pyrrole nitrogens is 1. The molecule has 1 amide bonds. The van der Waals surface area contributed by atoms with Gasteiger partial charge in [-0.1, -0.05) is 42.5 Å². The number of aromatic amines is 1. The number of allylic oxidation sites excluding steroid dienone is 1. The van der Waals surface area contributed by atoms with Gasteiger partial charge in [0.25, 0.3) is 11.5 Å². The number of nitrogens with one attached hydrogen (secondary N) is 2. The van der Waals surface area contributed by atoms with E-state index in [4.69, 9.17) is 12.2 Å². The van der Waals surface area contributed by atoms with Gasteiger partial charge in [0, 0.05) is 23.1 Å². The van der Waals surface area contributed by atoms with E-state index in [0.29, 0.717) is 28.1 Å². The Kier molecular flexibility index (Phi) is 5.45. The number of aromatic nitrogens is 3. The summed E-state index contributed by atoms with van der Waals surface area (Å²) in [5, 5.41) is 8.01. The largest absolute Gasteiger partial charge is 0.332 e. The van der Waals surface area contributed by atoms with Crippen LogP contribution in [-0.2, 0) is 6.54 Å². The maximum atomic E-state index is 12.8. The van der Waals surface area contributed by atoms with Crippen molar-refractivity contribution < 1.29 is 4.79 Å². The number of anilines is 1. The first-order valence-electron chi connectivity index (χ1n) is 10.2. The molecule has 0 saturated heterocycles. The number of carbonyl (C=O) groups is 1. The second kappa shape index (κ2) is 8.57. The number of carbonyl (C=O) groups excluding carboxylic acids is 1. The number of amides is 1. The molecule has 33 heavy (non-hydrogen) atoms. The topological polar surface area (TPSA) is 79.8 Å². The lowest BCUT2D eigenvalue weighted by molar-refractivity contribution is 0.102. The van der Waals surface area contributed by atoms with Gasteiger partial charge in [-0.15, -0.1) is 17.9 Å². The molecule has 0 spiro atoms. The van der Waals surface area contributed by atoms with Crippen LogP contribution in [0.1, 0.15) is 10.4 Å². The fourth-order valence-corrected chi connectivity index (χ4v) is 4.65. The first kappa shape index (κ1) is 21.0. The lowest BCUT2D eigenvalue weighted by atomic mass is 10.1. The van der Waals surface area contributed by atoms with Crippen LogP contribution in [0.15, 0.2) is 83.5 Å². The lowest BCUT2D eigenvalue weighted by Crippen LogP contribution is -2.22. The van der Waals surface area contributed by atoms with E-state index in [1.54, 1.807) is 24.3 Å². The molecule has 0 saturated carbocycles. The Morgan fingerprint density at radius 2 is 1.97 bits per heavy atom. The van der Waals surface area contributed by atoms with Gasteiger partial charge in [0.15, 0.2) is 9.90 Å². The van der Waals surface area contributed by atoms with Crippen molar-refractivity contribution in [3.8, 4) is 11.3 Å². The number of hydrogen-bond acceptors (Lipinski definition) is 5. The monoisotopic (exact) mass is 470 g/mol. The van der Waals surface area contributed by atoms with Gasteiger partial charge in [-0.2, -0.15) is 0 Å². The van der Waals surface area contributed by atoms with Gasteiger partial charge in [0.05, 0.1) is 16.6 Å². The summed E-state index contributed by atoms with van der Waals surface area (Å²) < 4.78 is 1.71. The molecule has 8 heteroatoms. The Morgan fingerprint density at radius 1 is 1.15 bits per heavy atom. The van der Waals surface area contributed by atoms with Gasteiger partial charge in [0.2, 0.25) is 0 Å². The number of hydrogen-bond donors (Lipinski definition) is 2. The van der Waals surface area contributed by atoms with Crippen LogP contribution in [0.3, 0.4) is 0 Å². The minimum atomic E-state index is -0.314. The summed E-state index contributed by atoms with van der Waals surface area (Å²) in [6, 6.07) is 19.2. The van der Waals surface area contributed by atoms with Crippen LogP contribution in [0.5, 0.6) is 0 Å². The molecule has 0 fully saturated rings. The Morgan fingerprint density at radius 3 is 2.79 bits per heavy atom. The first-order chi connectivity index (χ1) is 16.0. The van der Waals surface area contributed by atoms with E-state index < -0.39 is 0 Å². The molecule has 0 bridgehead atoms. The highest BCUT2D eigenvalue weighted by Crippen LogP contribution is 2.28. The molecule has 2 aromatic heterocycles. The summed E-state index contributed by atoms with van der Waals surface area (Å²) in [6.07, 6.45) is 1.61. The zero-order valence-electron chi connectivity index (χ0n) is 17.4. The zero-order valence-corrected chi connectivity index (χ0v) is 19.0. The third kappa shape index (κ3) is 4.02. The van der Waals surface area contributed by atoms with Crippen molar-refractivity contribution in [1.29, 1.82) is 0 Å². The molecule has 0 atom stereocenters. The normalized spacial score (nSPS) is 11.0. The fraction of sp³-hybridized carbons (Fsp3) is 0.0400. The minimum Gasteiger partial charge on any atom is -0.332 e. The van der Waals surface area contributed by atoms with E-state index in [9.17, 15) is 9.59 Å². The highest BCUT2D eigenvalue weighted by Gasteiger charge is 2.13. The van der Waals surface area contributed by atoms with E-state index in [1.165, 1.54) is 15.9 Å². The predicted molar refractivity (Wildman–Crippen MR) is 137 cm³/mol. The molecule has 0 aliphatic rings. The van der Waals surface area contributed by atoms with Crippen LogP contribution in [0.25, 0.3) is 32.9 Å². The molecule has 5 rings (SSSR count). The Balaban J connectivity index is 1.41. The van der Waals surface area contributed by atoms with Crippen LogP contribution in [0.4, 0.5) is 5.13 Å². The van der Waals surface area contributed by atoms with Crippen molar-refractivity contribution in [2.45, 2.75) is 6.54 Å². The quantitative estimate of drug-likeness (QED) is 0.252. The van der Waals surface area contributed by atoms with Gasteiger partial charge in [-0.25, -0.2) is 4.98 Å². The average molecular weight is 471 g/mol. The van der Waals surface area contributed by atoms with Gasteiger partial charge >= 0.3 is 0 Å². The second-order valence-electron chi connectivity index (χ2n) is 7.45. The predicted octanol–water partition coefficient (Wildman–Crippen LogP) is 5.77. The van der Waals surface area contributed by atoms with Crippen molar-refractivity contribution in [2.75, 3.05) is 5.32 Å². The van der Waals surface area contributed by atoms with E-state index >= 15 is 0 Å². The van der Waals surface area contributed by atoms with Crippen LogP contribution < -0.4 is 10.9 Å². The van der Waals surface area contributed by atoms with E-state index in [2.05, 4.69) is 46.1 Å². The number of thiazole rings is 1. The van der Waals surface area contributed by atoms with Crippen molar-refractivity contribution in [1.82, 2.24) is 14.5 Å². The standard InChI is InChI=1S/C25H18N4O2S2/c1-2-11-29-23(31)19-10-9-18(13-20(19)27-25(29)32)22(30)28-24-26-21(14-33-24)17-8-7-15-5-3-4-6-16(15)12-17/h2-10,12-14H,1,11H2,(H,27,32)(H,26,28,30). The highest BCUT2D eigenvalue weighted by atomic mass is 32.1. The minimum absolute atomic E-state index is 0.222. The van der Waals surface area contributed by atoms with Crippen LogP contribution in [0, 0.1) is 4.77 Å². The molecule has 6 nitrogen and oxygen atoms in total. The van der Waals surface area contributed by atoms with Crippen molar-refractivity contribution in [2.24, 2.45) is 0 Å². The SMILES string of the molecule is C=CCn1c(=S)[nH]c2cc(C(=O)Nc3nc(-c4ccc5ccccc5c4)cs3)ccc2c1=O. The van der Waals surface area contributed by atoms with Gasteiger partial charge in [-0.05, 0) is 47.3 Å². The maximum Gasteiger partial charge on any atom is 0.262 e. The van der Waals surface area contributed by atoms with E-state index in [1.807, 2.05) is 23.6 Å². The molecule has 0 aliphatic carbocycles. The first-order valence-corrected chi connectivity index (χ1v) is 11.5. The van der Waals surface area contributed by atoms with Crippen molar-refractivity contribution in [3.05, 3.63) is 99.4 Å². The number of rotatable bonds is 5. The van der Waals surface area contributed by atoms with Crippen LogP contribution in [0.2, 0.25) is 0 Å². The second-order valence-corrected chi connectivity index (χ2v) is 8.69. The van der Waals surface area contributed by atoms with Gasteiger partial charge < -0.3 is 4.98 Å². The molecule has 0 unspecified atom stereocenters. The van der Waals surface area contributed by atoms with E-state index in [-0.39, 0.29) is 16.2 Å². The Hall–Kier alpha value is -3.88. The summed E-state index contributed by atoms with van der Waals surface area (Å²) in [5.41, 5.74) is 2.47. The molecule has 162 valence electrons. The summed E-state index contributed by atoms with van der Waals surface area (Å²) in [5.74, 6) is -0.314. The number of nitrogens with zero attached hydrogens (tertiary/aromatic N) is 2. The zero-order chi connectivity index (χ0) is 22.9.